The van der Waals surface area contributed by atoms with E-state index in [0.29, 0.717) is 10.8 Å². The van der Waals surface area contributed by atoms with Gasteiger partial charge in [0, 0.05) is 27.7 Å². The lowest BCUT2D eigenvalue weighted by Gasteiger charge is -2.25. The highest BCUT2D eigenvalue weighted by atomic mass is 35.5. The molecular weight excluding hydrogens is 536 g/mol. The van der Waals surface area contributed by atoms with E-state index in [9.17, 15) is 13.2 Å². The van der Waals surface area contributed by atoms with Gasteiger partial charge in [-0.15, -0.1) is 0 Å². The number of ether oxygens (including phenoxy) is 1. The number of sulfonamides is 1. The van der Waals surface area contributed by atoms with Gasteiger partial charge in [-0.05, 0) is 80.9 Å². The lowest BCUT2D eigenvalue weighted by Crippen LogP contribution is -2.39. The Bertz CT molecular complexity index is 1620. The van der Waals surface area contributed by atoms with Gasteiger partial charge in [0.15, 0.2) is 0 Å². The number of anilines is 1. The van der Waals surface area contributed by atoms with Crippen LogP contribution in [0.5, 0.6) is 5.75 Å². The number of hydrogen-bond donors (Lipinski definition) is 1. The number of carbonyl (C=O) groups excluding carboxylic acids is 1. The predicted octanol–water partition coefficient (Wildman–Crippen LogP) is 5.41. The van der Waals surface area contributed by atoms with E-state index in [0.717, 1.165) is 32.5 Å². The van der Waals surface area contributed by atoms with Crippen LogP contribution in [0.15, 0.2) is 88.9 Å². The van der Waals surface area contributed by atoms with Gasteiger partial charge >= 0.3 is 0 Å². The summed E-state index contributed by atoms with van der Waals surface area (Å²) in [4.78, 5) is 13.1. The number of carbonyl (C=O) groups is 1. The number of methoxy groups -OCH3 is 1. The Balaban J connectivity index is 1.59. The molecule has 39 heavy (non-hydrogen) atoms. The number of rotatable bonds is 9. The van der Waals surface area contributed by atoms with Gasteiger partial charge in [0.25, 0.3) is 15.9 Å². The molecule has 4 aromatic rings. The van der Waals surface area contributed by atoms with Crippen molar-refractivity contribution < 1.29 is 17.9 Å². The molecule has 8 nitrogen and oxygen atoms in total. The number of nitrogens with one attached hydrogen (secondary N) is 1. The first kappa shape index (κ1) is 27.9. The second kappa shape index (κ2) is 11.8. The third-order valence-corrected chi connectivity index (χ3v) is 8.20. The number of hydrazone groups is 1. The van der Waals surface area contributed by atoms with E-state index in [1.165, 1.54) is 25.5 Å². The maximum absolute atomic E-state index is 13.6. The number of nitrogens with zero attached hydrogens (tertiary/aromatic N) is 3. The highest BCUT2D eigenvalue weighted by Gasteiger charge is 2.29. The average Bonchev–Trinajstić information content (AvgIpc) is 3.20. The second-order valence-corrected chi connectivity index (χ2v) is 11.2. The Morgan fingerprint density at radius 1 is 1.03 bits per heavy atom. The summed E-state index contributed by atoms with van der Waals surface area (Å²) in [5.41, 5.74) is 7.19. The van der Waals surface area contributed by atoms with Crippen LogP contribution in [0.1, 0.15) is 22.5 Å². The van der Waals surface area contributed by atoms with E-state index in [1.54, 1.807) is 36.4 Å². The lowest BCUT2D eigenvalue weighted by molar-refractivity contribution is -0.119. The molecule has 3 aromatic carbocycles. The molecule has 1 aromatic heterocycles. The van der Waals surface area contributed by atoms with Gasteiger partial charge in [0.2, 0.25) is 0 Å². The maximum atomic E-state index is 13.6. The molecule has 1 N–H and O–H groups in total. The predicted molar refractivity (Wildman–Crippen MR) is 155 cm³/mol. The van der Waals surface area contributed by atoms with Crippen LogP contribution < -0.4 is 14.5 Å². The van der Waals surface area contributed by atoms with Crippen molar-refractivity contribution in [1.29, 1.82) is 0 Å². The van der Waals surface area contributed by atoms with Gasteiger partial charge < -0.3 is 9.30 Å². The van der Waals surface area contributed by atoms with Crippen LogP contribution in [0.2, 0.25) is 5.02 Å². The first-order valence-electron chi connectivity index (χ1n) is 12.1. The molecule has 1 heterocycles. The number of benzene rings is 3. The summed E-state index contributed by atoms with van der Waals surface area (Å²) in [7, 11) is -2.64. The minimum atomic E-state index is -4.09. The molecule has 0 bridgehead atoms. The van der Waals surface area contributed by atoms with E-state index >= 15 is 0 Å². The summed E-state index contributed by atoms with van der Waals surface area (Å²) in [6, 6.07) is 22.5. The van der Waals surface area contributed by atoms with Crippen molar-refractivity contribution >= 4 is 39.4 Å². The third-order valence-electron chi connectivity index (χ3n) is 6.17. The zero-order valence-electron chi connectivity index (χ0n) is 22.1. The first-order valence-corrected chi connectivity index (χ1v) is 13.9. The van der Waals surface area contributed by atoms with Gasteiger partial charge in [-0.25, -0.2) is 13.8 Å². The van der Waals surface area contributed by atoms with Crippen molar-refractivity contribution in [3.63, 3.8) is 0 Å². The van der Waals surface area contributed by atoms with Crippen molar-refractivity contribution in [3.8, 4) is 11.4 Å². The molecule has 0 aliphatic carbocycles. The van der Waals surface area contributed by atoms with E-state index in [-0.39, 0.29) is 10.6 Å². The fraction of sp³-hybridized carbons (Fsp3) is 0.172. The van der Waals surface area contributed by atoms with Gasteiger partial charge in [0.05, 0.1) is 23.9 Å². The molecule has 202 valence electrons. The highest BCUT2D eigenvalue weighted by molar-refractivity contribution is 7.92. The van der Waals surface area contributed by atoms with Crippen LogP contribution in [0.4, 0.5) is 5.69 Å². The van der Waals surface area contributed by atoms with Crippen molar-refractivity contribution in [3.05, 3.63) is 106 Å². The number of aromatic nitrogens is 1. The molecular formula is C29H29ClN4O4S. The molecule has 0 saturated carbocycles. The molecule has 0 aliphatic rings. The second-order valence-electron chi connectivity index (χ2n) is 8.93. The summed E-state index contributed by atoms with van der Waals surface area (Å²) in [6.45, 7) is 5.25. The Hall–Kier alpha value is -4.08. The van der Waals surface area contributed by atoms with Gasteiger partial charge in [-0.1, -0.05) is 35.9 Å². The average molecular weight is 565 g/mol. The minimum absolute atomic E-state index is 0.0551. The fourth-order valence-electron chi connectivity index (χ4n) is 4.26. The van der Waals surface area contributed by atoms with Gasteiger partial charge in [0.1, 0.15) is 12.3 Å². The van der Waals surface area contributed by atoms with E-state index < -0.39 is 22.5 Å². The molecule has 1 amide bonds. The van der Waals surface area contributed by atoms with Crippen LogP contribution >= 0.6 is 11.6 Å². The van der Waals surface area contributed by atoms with Crippen molar-refractivity contribution in [2.45, 2.75) is 25.7 Å². The van der Waals surface area contributed by atoms with Crippen LogP contribution in [-0.2, 0) is 14.8 Å². The fourth-order valence-corrected chi connectivity index (χ4v) is 5.83. The van der Waals surface area contributed by atoms with E-state index in [1.807, 2.05) is 51.1 Å². The zero-order valence-corrected chi connectivity index (χ0v) is 23.6. The molecule has 0 atom stereocenters. The molecule has 0 aliphatic heterocycles. The zero-order chi connectivity index (χ0) is 28.2. The van der Waals surface area contributed by atoms with Crippen molar-refractivity contribution in [1.82, 2.24) is 9.99 Å². The molecule has 0 radical (unpaired) electrons. The number of aryl methyl sites for hydroxylation is 2. The summed E-state index contributed by atoms with van der Waals surface area (Å²) in [5.74, 6) is -0.285. The summed E-state index contributed by atoms with van der Waals surface area (Å²) >= 11 is 6.03. The van der Waals surface area contributed by atoms with Crippen LogP contribution in [-0.4, -0.2) is 38.8 Å². The standard InChI is InChI=1S/C29H29ClN4O4S/c1-20-10-15-28(38-4)27(16-20)33(39(36,37)26-8-6-5-7-9-26)19-29(35)32-31-18-23-17-21(2)34(22(23)3)25-13-11-24(30)12-14-25/h5-18H,19H2,1-4H3,(H,32,35)/b31-18-. The van der Waals surface area contributed by atoms with Crippen molar-refractivity contribution in [2.24, 2.45) is 5.10 Å². The Kier molecular flexibility index (Phi) is 8.42. The third kappa shape index (κ3) is 6.16. The maximum Gasteiger partial charge on any atom is 0.264 e. The first-order chi connectivity index (χ1) is 18.6. The minimum Gasteiger partial charge on any atom is -0.495 e. The van der Waals surface area contributed by atoms with Crippen LogP contribution in [0.25, 0.3) is 5.69 Å². The number of halogens is 1. The summed E-state index contributed by atoms with van der Waals surface area (Å²) < 4.78 is 35.8. The van der Waals surface area contributed by atoms with Crippen molar-refractivity contribution in [2.75, 3.05) is 18.0 Å². The summed E-state index contributed by atoms with van der Waals surface area (Å²) in [5, 5.41) is 4.76. The van der Waals surface area contributed by atoms with Crippen LogP contribution in [0.3, 0.4) is 0 Å². The molecule has 10 heteroatoms. The summed E-state index contributed by atoms with van der Waals surface area (Å²) in [6.07, 6.45) is 1.54. The highest BCUT2D eigenvalue weighted by Crippen LogP contribution is 2.33. The molecule has 0 saturated heterocycles. The smallest absolute Gasteiger partial charge is 0.264 e. The largest absolute Gasteiger partial charge is 0.495 e. The number of hydrogen-bond acceptors (Lipinski definition) is 5. The monoisotopic (exact) mass is 564 g/mol. The number of amides is 1. The topological polar surface area (TPSA) is 93.0 Å². The quantitative estimate of drug-likeness (QED) is 0.217. The van der Waals surface area contributed by atoms with Gasteiger partial charge in [-0.3, -0.25) is 9.10 Å². The molecule has 0 fully saturated rings. The SMILES string of the molecule is COc1ccc(C)cc1N(CC(=O)N/N=C\c1cc(C)n(-c2ccc(Cl)cc2)c1C)S(=O)(=O)c1ccccc1. The lowest BCUT2D eigenvalue weighted by atomic mass is 10.2. The van der Waals surface area contributed by atoms with E-state index in [2.05, 4.69) is 15.1 Å². The van der Waals surface area contributed by atoms with E-state index in [4.69, 9.17) is 16.3 Å². The van der Waals surface area contributed by atoms with Gasteiger partial charge in [-0.2, -0.15) is 5.10 Å². The van der Waals surface area contributed by atoms with Crippen LogP contribution in [0, 0.1) is 20.8 Å². The normalized spacial score (nSPS) is 11.5. The molecule has 4 rings (SSSR count). The Morgan fingerprint density at radius 3 is 2.38 bits per heavy atom. The molecule has 0 spiro atoms. The Morgan fingerprint density at radius 2 is 1.72 bits per heavy atom. The Labute approximate surface area is 233 Å². The molecule has 0 unspecified atom stereocenters.